The van der Waals surface area contributed by atoms with Crippen LogP contribution in [0.15, 0.2) is 36.4 Å². The van der Waals surface area contributed by atoms with E-state index in [0.29, 0.717) is 18.9 Å². The standard InChI is InChI=1S/C17H20FNO2S/c1-11(2)9-15(17(20)21)19-10-14-7-8-16(22-14)12-3-5-13(18)6-4-12/h3-8,11,15,19H,9-10H2,1-2H3,(H,20,21)/t15-/m0/s1. The molecule has 0 saturated carbocycles. The van der Waals surface area contributed by atoms with Crippen molar-refractivity contribution in [1.82, 2.24) is 5.32 Å². The number of carboxylic acid groups (broad SMARTS) is 1. The first-order valence-corrected chi connectivity index (χ1v) is 8.08. The highest BCUT2D eigenvalue weighted by molar-refractivity contribution is 7.15. The van der Waals surface area contributed by atoms with Crippen LogP contribution in [0.1, 0.15) is 25.1 Å². The quantitative estimate of drug-likeness (QED) is 0.805. The largest absolute Gasteiger partial charge is 0.480 e. The molecule has 5 heteroatoms. The fraction of sp³-hybridized carbons (Fsp3) is 0.353. The van der Waals surface area contributed by atoms with Gasteiger partial charge in [0.25, 0.3) is 0 Å². The summed E-state index contributed by atoms with van der Waals surface area (Å²) in [7, 11) is 0. The van der Waals surface area contributed by atoms with Crippen LogP contribution in [0.2, 0.25) is 0 Å². The predicted molar refractivity (Wildman–Crippen MR) is 87.4 cm³/mol. The normalized spacial score (nSPS) is 12.5. The second-order valence-corrected chi connectivity index (χ2v) is 6.84. The molecule has 0 radical (unpaired) electrons. The summed E-state index contributed by atoms with van der Waals surface area (Å²) in [5, 5.41) is 12.3. The first kappa shape index (κ1) is 16.6. The minimum atomic E-state index is -0.816. The van der Waals surface area contributed by atoms with Crippen LogP contribution in [0.25, 0.3) is 10.4 Å². The summed E-state index contributed by atoms with van der Waals surface area (Å²) in [6.45, 7) is 4.54. The smallest absolute Gasteiger partial charge is 0.320 e. The number of thiophene rings is 1. The van der Waals surface area contributed by atoms with Crippen molar-refractivity contribution >= 4 is 17.3 Å². The number of carbonyl (C=O) groups is 1. The van der Waals surface area contributed by atoms with Gasteiger partial charge in [-0.05, 0) is 42.2 Å². The van der Waals surface area contributed by atoms with Gasteiger partial charge in [0.15, 0.2) is 0 Å². The lowest BCUT2D eigenvalue weighted by Gasteiger charge is -2.15. The minimum Gasteiger partial charge on any atom is -0.480 e. The summed E-state index contributed by atoms with van der Waals surface area (Å²) in [6, 6.07) is 9.80. The number of rotatable bonds is 7. The number of aliphatic carboxylic acids is 1. The Kier molecular flexibility index (Phi) is 5.69. The Balaban J connectivity index is 1.99. The minimum absolute atomic E-state index is 0.250. The average molecular weight is 321 g/mol. The van der Waals surface area contributed by atoms with Crippen LogP contribution < -0.4 is 5.32 Å². The van der Waals surface area contributed by atoms with E-state index in [2.05, 4.69) is 5.32 Å². The van der Waals surface area contributed by atoms with E-state index >= 15 is 0 Å². The van der Waals surface area contributed by atoms with Crippen LogP contribution in [0.3, 0.4) is 0 Å². The monoisotopic (exact) mass is 321 g/mol. The van der Waals surface area contributed by atoms with Gasteiger partial charge >= 0.3 is 5.97 Å². The van der Waals surface area contributed by atoms with Crippen molar-refractivity contribution in [2.75, 3.05) is 0 Å². The van der Waals surface area contributed by atoms with E-state index in [-0.39, 0.29) is 5.82 Å². The second-order valence-electron chi connectivity index (χ2n) is 5.67. The molecule has 0 spiro atoms. The molecule has 2 aromatic rings. The molecule has 0 amide bonds. The Bertz CT molecular complexity index is 622. The maximum Gasteiger partial charge on any atom is 0.320 e. The van der Waals surface area contributed by atoms with Crippen LogP contribution in [0.4, 0.5) is 4.39 Å². The van der Waals surface area contributed by atoms with Gasteiger partial charge in [-0.2, -0.15) is 0 Å². The lowest BCUT2D eigenvalue weighted by atomic mass is 10.0. The summed E-state index contributed by atoms with van der Waals surface area (Å²) in [5.41, 5.74) is 0.967. The first-order chi connectivity index (χ1) is 10.5. The fourth-order valence-electron chi connectivity index (χ4n) is 2.21. The van der Waals surface area contributed by atoms with E-state index in [4.69, 9.17) is 0 Å². The Morgan fingerprint density at radius 3 is 2.50 bits per heavy atom. The molecule has 0 bridgehead atoms. The fourth-order valence-corrected chi connectivity index (χ4v) is 3.17. The number of halogens is 1. The molecule has 0 aliphatic rings. The molecule has 22 heavy (non-hydrogen) atoms. The molecule has 0 aliphatic carbocycles. The summed E-state index contributed by atoms with van der Waals surface area (Å²) >= 11 is 1.59. The van der Waals surface area contributed by atoms with Crippen LogP contribution in [-0.2, 0) is 11.3 Å². The lowest BCUT2D eigenvalue weighted by Crippen LogP contribution is -2.37. The number of benzene rings is 1. The molecule has 0 unspecified atom stereocenters. The zero-order valence-corrected chi connectivity index (χ0v) is 13.5. The summed E-state index contributed by atoms with van der Waals surface area (Å²) in [6.07, 6.45) is 0.603. The molecule has 0 fully saturated rings. The molecule has 2 N–H and O–H groups in total. The maximum absolute atomic E-state index is 12.9. The summed E-state index contributed by atoms with van der Waals surface area (Å²) < 4.78 is 12.9. The molecule has 1 heterocycles. The highest BCUT2D eigenvalue weighted by Gasteiger charge is 2.18. The van der Waals surface area contributed by atoms with Crippen LogP contribution in [0.5, 0.6) is 0 Å². The van der Waals surface area contributed by atoms with Crippen molar-refractivity contribution in [3.63, 3.8) is 0 Å². The zero-order chi connectivity index (χ0) is 16.1. The molecular weight excluding hydrogens is 301 g/mol. The Morgan fingerprint density at radius 2 is 1.91 bits per heavy atom. The highest BCUT2D eigenvalue weighted by Crippen LogP contribution is 2.28. The van der Waals surface area contributed by atoms with Crippen LogP contribution in [-0.4, -0.2) is 17.1 Å². The van der Waals surface area contributed by atoms with Gasteiger partial charge in [0, 0.05) is 16.3 Å². The second kappa shape index (κ2) is 7.51. The third kappa shape index (κ3) is 4.64. The lowest BCUT2D eigenvalue weighted by molar-refractivity contribution is -0.140. The predicted octanol–water partition coefficient (Wildman–Crippen LogP) is 4.14. The summed E-state index contributed by atoms with van der Waals surface area (Å²) in [5.74, 6) is -0.740. The number of hydrogen-bond acceptors (Lipinski definition) is 3. The van der Waals surface area contributed by atoms with Gasteiger partial charge in [0.1, 0.15) is 11.9 Å². The van der Waals surface area contributed by atoms with Gasteiger partial charge in [-0.3, -0.25) is 10.1 Å². The van der Waals surface area contributed by atoms with E-state index in [9.17, 15) is 14.3 Å². The zero-order valence-electron chi connectivity index (χ0n) is 12.7. The first-order valence-electron chi connectivity index (χ1n) is 7.26. The SMILES string of the molecule is CC(C)C[C@H](NCc1ccc(-c2ccc(F)cc2)s1)C(=O)O. The van der Waals surface area contributed by atoms with Gasteiger partial charge in [0.05, 0.1) is 0 Å². The maximum atomic E-state index is 12.9. The third-order valence-electron chi connectivity index (χ3n) is 3.32. The van der Waals surface area contributed by atoms with Crippen molar-refractivity contribution < 1.29 is 14.3 Å². The number of carboxylic acids is 1. The topological polar surface area (TPSA) is 49.3 Å². The molecule has 2 rings (SSSR count). The Morgan fingerprint density at radius 1 is 1.23 bits per heavy atom. The van der Waals surface area contributed by atoms with E-state index in [1.165, 1.54) is 12.1 Å². The third-order valence-corrected chi connectivity index (χ3v) is 4.45. The van der Waals surface area contributed by atoms with Crippen molar-refractivity contribution in [1.29, 1.82) is 0 Å². The molecular formula is C17H20FNO2S. The molecule has 0 aliphatic heterocycles. The van der Waals surface area contributed by atoms with Crippen molar-refractivity contribution in [3.05, 3.63) is 47.1 Å². The number of hydrogen-bond donors (Lipinski definition) is 2. The van der Waals surface area contributed by atoms with Gasteiger partial charge in [0.2, 0.25) is 0 Å². The summed E-state index contributed by atoms with van der Waals surface area (Å²) in [4.78, 5) is 13.3. The molecule has 0 saturated heterocycles. The van der Waals surface area contributed by atoms with Gasteiger partial charge < -0.3 is 5.11 Å². The van der Waals surface area contributed by atoms with E-state index in [0.717, 1.165) is 15.3 Å². The molecule has 1 aromatic heterocycles. The van der Waals surface area contributed by atoms with Gasteiger partial charge in [-0.25, -0.2) is 4.39 Å². The van der Waals surface area contributed by atoms with Crippen molar-refractivity contribution in [3.8, 4) is 10.4 Å². The Labute approximate surface area is 133 Å². The Hall–Kier alpha value is -1.72. The van der Waals surface area contributed by atoms with Crippen LogP contribution >= 0.6 is 11.3 Å². The van der Waals surface area contributed by atoms with Gasteiger partial charge in [-0.1, -0.05) is 26.0 Å². The van der Waals surface area contributed by atoms with E-state index < -0.39 is 12.0 Å². The molecule has 1 aromatic carbocycles. The average Bonchev–Trinajstić information content (AvgIpc) is 2.92. The molecule has 118 valence electrons. The molecule has 1 atom stereocenters. The van der Waals surface area contributed by atoms with E-state index in [1.54, 1.807) is 23.5 Å². The van der Waals surface area contributed by atoms with Crippen molar-refractivity contribution in [2.24, 2.45) is 5.92 Å². The van der Waals surface area contributed by atoms with Crippen LogP contribution in [0, 0.1) is 11.7 Å². The number of nitrogens with one attached hydrogen (secondary N) is 1. The van der Waals surface area contributed by atoms with Gasteiger partial charge in [-0.15, -0.1) is 11.3 Å². The van der Waals surface area contributed by atoms with Crippen molar-refractivity contribution in [2.45, 2.75) is 32.9 Å². The molecule has 3 nitrogen and oxygen atoms in total. The highest BCUT2D eigenvalue weighted by atomic mass is 32.1. The van der Waals surface area contributed by atoms with E-state index in [1.807, 2.05) is 26.0 Å².